The molecule has 1 saturated heterocycles. The van der Waals surface area contributed by atoms with Crippen molar-refractivity contribution in [1.82, 2.24) is 9.62 Å². The summed E-state index contributed by atoms with van der Waals surface area (Å²) >= 11 is 0. The number of carbonyl (C=O) groups excluding carboxylic acids is 3. The van der Waals surface area contributed by atoms with Crippen molar-refractivity contribution in [2.75, 3.05) is 13.7 Å². The Hall–Kier alpha value is -3.82. The summed E-state index contributed by atoms with van der Waals surface area (Å²) in [5, 5.41) is 2.71. The first-order valence-electron chi connectivity index (χ1n) is 12.4. The highest BCUT2D eigenvalue weighted by Crippen LogP contribution is 2.26. The van der Waals surface area contributed by atoms with Crippen molar-refractivity contribution in [3.63, 3.8) is 0 Å². The molecule has 2 atom stereocenters. The van der Waals surface area contributed by atoms with E-state index in [0.29, 0.717) is 18.4 Å². The van der Waals surface area contributed by atoms with E-state index in [9.17, 15) is 22.8 Å². The molecule has 8 nitrogen and oxygen atoms in total. The average molecular weight is 535 g/mol. The van der Waals surface area contributed by atoms with E-state index in [1.165, 1.54) is 23.5 Å². The quantitative estimate of drug-likeness (QED) is 0.316. The summed E-state index contributed by atoms with van der Waals surface area (Å²) in [6.07, 6.45) is 1.30. The number of benzene rings is 3. The number of amides is 1. The molecule has 0 spiro atoms. The van der Waals surface area contributed by atoms with Crippen LogP contribution in [-0.2, 0) is 37.2 Å². The van der Waals surface area contributed by atoms with Crippen LogP contribution in [0.25, 0.3) is 0 Å². The minimum absolute atomic E-state index is 0.00428. The molecule has 1 amide bonds. The van der Waals surface area contributed by atoms with Gasteiger partial charge in [0.1, 0.15) is 12.1 Å². The van der Waals surface area contributed by atoms with Crippen LogP contribution in [0.4, 0.5) is 0 Å². The van der Waals surface area contributed by atoms with Gasteiger partial charge in [-0.15, -0.1) is 0 Å². The fraction of sp³-hybridized carbons (Fsp3) is 0.276. The number of nitrogens with zero attached hydrogens (tertiary/aromatic N) is 1. The Morgan fingerprint density at radius 3 is 2.16 bits per heavy atom. The lowest BCUT2D eigenvalue weighted by Crippen LogP contribution is -2.51. The van der Waals surface area contributed by atoms with Crippen LogP contribution in [0.2, 0.25) is 0 Å². The third-order valence-corrected chi connectivity index (χ3v) is 8.50. The molecule has 1 aliphatic heterocycles. The molecule has 1 N–H and O–H groups in total. The van der Waals surface area contributed by atoms with Gasteiger partial charge in [0.25, 0.3) is 0 Å². The van der Waals surface area contributed by atoms with E-state index in [2.05, 4.69) is 5.32 Å². The Labute approximate surface area is 222 Å². The van der Waals surface area contributed by atoms with Gasteiger partial charge in [-0.05, 0) is 36.1 Å². The molecule has 198 valence electrons. The van der Waals surface area contributed by atoms with E-state index in [-0.39, 0.29) is 30.1 Å². The van der Waals surface area contributed by atoms with Crippen LogP contribution in [-0.4, -0.2) is 56.1 Å². The Bertz CT molecular complexity index is 1380. The van der Waals surface area contributed by atoms with Gasteiger partial charge in [-0.1, -0.05) is 72.8 Å². The molecule has 38 heavy (non-hydrogen) atoms. The van der Waals surface area contributed by atoms with Gasteiger partial charge in [0.15, 0.2) is 5.78 Å². The molecule has 0 radical (unpaired) electrons. The summed E-state index contributed by atoms with van der Waals surface area (Å²) in [6, 6.07) is 22.4. The van der Waals surface area contributed by atoms with Crippen molar-refractivity contribution in [3.05, 3.63) is 102 Å². The molecular weight excluding hydrogens is 504 g/mol. The number of Topliss-reactive ketones (excluding diaryl/α,β-unsaturated/α-hetero) is 1. The summed E-state index contributed by atoms with van der Waals surface area (Å²) in [5.41, 5.74) is 2.23. The lowest BCUT2D eigenvalue weighted by Gasteiger charge is -2.25. The number of methoxy groups -OCH3 is 1. The monoisotopic (exact) mass is 534 g/mol. The summed E-state index contributed by atoms with van der Waals surface area (Å²) in [7, 11) is -2.62. The van der Waals surface area contributed by atoms with Gasteiger partial charge < -0.3 is 10.1 Å². The van der Waals surface area contributed by atoms with Crippen LogP contribution in [0.3, 0.4) is 0 Å². The third kappa shape index (κ3) is 6.35. The second-order valence-corrected chi connectivity index (χ2v) is 11.0. The van der Waals surface area contributed by atoms with Crippen molar-refractivity contribution in [1.29, 1.82) is 0 Å². The van der Waals surface area contributed by atoms with Crippen molar-refractivity contribution in [3.8, 4) is 0 Å². The molecule has 0 unspecified atom stereocenters. The summed E-state index contributed by atoms with van der Waals surface area (Å²) in [6.45, 7) is 0.224. The molecule has 1 aliphatic rings. The molecular formula is C29H30N2O6S. The largest absolute Gasteiger partial charge is 0.467 e. The summed E-state index contributed by atoms with van der Waals surface area (Å²) < 4.78 is 32.4. The number of sulfonamides is 1. The molecule has 9 heteroatoms. The van der Waals surface area contributed by atoms with Gasteiger partial charge in [0.05, 0.1) is 12.0 Å². The van der Waals surface area contributed by atoms with E-state index in [4.69, 9.17) is 4.74 Å². The maximum Gasteiger partial charge on any atom is 0.328 e. The first kappa shape index (κ1) is 27.2. The maximum atomic E-state index is 13.2. The van der Waals surface area contributed by atoms with Crippen molar-refractivity contribution in [2.24, 2.45) is 0 Å². The number of ether oxygens (including phenoxy) is 1. The fourth-order valence-electron chi connectivity index (χ4n) is 4.56. The van der Waals surface area contributed by atoms with E-state index >= 15 is 0 Å². The number of nitrogens with one attached hydrogen (secondary N) is 1. The standard InChI is InChI=1S/C29H30N2O6S/c1-37-29(34)25(19-21-14-16-22(17-15-21)20-27(32)23-9-4-2-5-10-23)30-28(33)26-13-8-18-31(26)38(35,36)24-11-6-3-7-12-24/h2-7,9-12,14-17,25-26H,8,13,18-20H2,1H3,(H,30,33)/t25-,26-/m0/s1. The highest BCUT2D eigenvalue weighted by molar-refractivity contribution is 7.89. The van der Waals surface area contributed by atoms with Gasteiger partial charge in [-0.25, -0.2) is 13.2 Å². The van der Waals surface area contributed by atoms with Gasteiger partial charge in [-0.2, -0.15) is 4.31 Å². The molecule has 0 aromatic heterocycles. The van der Waals surface area contributed by atoms with Crippen LogP contribution in [0.15, 0.2) is 89.8 Å². The zero-order valence-electron chi connectivity index (χ0n) is 21.1. The van der Waals surface area contributed by atoms with Crippen molar-refractivity contribution in [2.45, 2.75) is 42.7 Å². The van der Waals surface area contributed by atoms with Crippen LogP contribution in [0, 0.1) is 0 Å². The van der Waals surface area contributed by atoms with Crippen LogP contribution >= 0.6 is 0 Å². The summed E-state index contributed by atoms with van der Waals surface area (Å²) in [5.74, 6) is -1.16. The number of carbonyl (C=O) groups is 3. The highest BCUT2D eigenvalue weighted by atomic mass is 32.2. The molecule has 0 saturated carbocycles. The lowest BCUT2D eigenvalue weighted by molar-refractivity contribution is -0.145. The lowest BCUT2D eigenvalue weighted by atomic mass is 9.99. The number of hydrogen-bond donors (Lipinski definition) is 1. The van der Waals surface area contributed by atoms with E-state index in [1.807, 2.05) is 30.3 Å². The molecule has 1 fully saturated rings. The molecule has 0 aliphatic carbocycles. The van der Waals surface area contributed by atoms with Gasteiger partial charge in [-0.3, -0.25) is 9.59 Å². The van der Waals surface area contributed by atoms with Crippen molar-refractivity contribution < 1.29 is 27.5 Å². The Kier molecular flexibility index (Phi) is 8.70. The number of ketones is 1. The highest BCUT2D eigenvalue weighted by Gasteiger charge is 2.40. The number of rotatable bonds is 10. The van der Waals surface area contributed by atoms with E-state index in [0.717, 1.165) is 11.1 Å². The van der Waals surface area contributed by atoms with E-state index < -0.39 is 34.0 Å². The first-order chi connectivity index (χ1) is 18.3. The molecule has 4 rings (SSSR count). The van der Waals surface area contributed by atoms with Crippen LogP contribution in [0.5, 0.6) is 0 Å². The molecule has 0 bridgehead atoms. The Morgan fingerprint density at radius 2 is 1.53 bits per heavy atom. The molecule has 3 aromatic rings. The normalized spacial score (nSPS) is 16.5. The fourth-order valence-corrected chi connectivity index (χ4v) is 6.24. The van der Waals surface area contributed by atoms with Crippen LogP contribution < -0.4 is 5.32 Å². The minimum atomic E-state index is -3.86. The molecule has 3 aromatic carbocycles. The number of hydrogen-bond acceptors (Lipinski definition) is 6. The number of esters is 1. The van der Waals surface area contributed by atoms with Gasteiger partial charge in [0.2, 0.25) is 15.9 Å². The summed E-state index contributed by atoms with van der Waals surface area (Å²) in [4.78, 5) is 38.3. The van der Waals surface area contributed by atoms with Crippen molar-refractivity contribution >= 4 is 27.7 Å². The Morgan fingerprint density at radius 1 is 0.921 bits per heavy atom. The topological polar surface area (TPSA) is 110 Å². The predicted octanol–water partition coefficient (Wildman–Crippen LogP) is 3.17. The third-order valence-electron chi connectivity index (χ3n) is 6.58. The van der Waals surface area contributed by atoms with E-state index in [1.54, 1.807) is 42.5 Å². The molecule has 1 heterocycles. The zero-order chi connectivity index (χ0) is 27.1. The van der Waals surface area contributed by atoms with Crippen LogP contribution in [0.1, 0.15) is 34.3 Å². The Balaban J connectivity index is 1.43. The second-order valence-electron chi connectivity index (χ2n) is 9.16. The SMILES string of the molecule is COC(=O)[C@H](Cc1ccc(CC(=O)c2ccccc2)cc1)NC(=O)[C@@H]1CCCN1S(=O)(=O)c1ccccc1. The predicted molar refractivity (Wildman–Crippen MR) is 142 cm³/mol. The smallest absolute Gasteiger partial charge is 0.328 e. The first-order valence-corrected chi connectivity index (χ1v) is 13.8. The second kappa shape index (κ2) is 12.1. The van der Waals surface area contributed by atoms with Gasteiger partial charge in [0, 0.05) is 24.9 Å². The zero-order valence-corrected chi connectivity index (χ0v) is 21.9. The minimum Gasteiger partial charge on any atom is -0.467 e. The maximum absolute atomic E-state index is 13.2. The van der Waals surface area contributed by atoms with Gasteiger partial charge >= 0.3 is 5.97 Å². The average Bonchev–Trinajstić information content (AvgIpc) is 3.45.